The summed E-state index contributed by atoms with van der Waals surface area (Å²) >= 11 is 1.39. The molecule has 0 saturated heterocycles. The predicted molar refractivity (Wildman–Crippen MR) is 102 cm³/mol. The summed E-state index contributed by atoms with van der Waals surface area (Å²) in [5.74, 6) is -1.16. The monoisotopic (exact) mass is 372 g/mol. The van der Waals surface area contributed by atoms with Crippen LogP contribution in [0.25, 0.3) is 0 Å². The molecule has 26 heavy (non-hydrogen) atoms. The lowest BCUT2D eigenvalue weighted by molar-refractivity contribution is -0.138. The topological polar surface area (TPSA) is 95.5 Å². The molecule has 2 aromatic carbocycles. The Balaban J connectivity index is 1.77. The van der Waals surface area contributed by atoms with Crippen molar-refractivity contribution in [2.24, 2.45) is 0 Å². The molecule has 0 unspecified atom stereocenters. The average molecular weight is 372 g/mol. The van der Waals surface area contributed by atoms with Crippen molar-refractivity contribution < 1.29 is 19.5 Å². The lowest BCUT2D eigenvalue weighted by Crippen LogP contribution is -2.14. The zero-order valence-electron chi connectivity index (χ0n) is 14.3. The maximum atomic E-state index is 12.0. The summed E-state index contributed by atoms with van der Waals surface area (Å²) in [7, 11) is 0. The molecule has 7 heteroatoms. The van der Waals surface area contributed by atoms with E-state index in [0.717, 1.165) is 16.1 Å². The van der Waals surface area contributed by atoms with Crippen molar-refractivity contribution in [3.05, 3.63) is 54.1 Å². The summed E-state index contributed by atoms with van der Waals surface area (Å²) in [5.41, 5.74) is 2.49. The number of anilines is 2. The summed E-state index contributed by atoms with van der Waals surface area (Å²) in [5, 5.41) is 14.0. The van der Waals surface area contributed by atoms with Gasteiger partial charge in [-0.25, -0.2) is 0 Å². The Kier molecular flexibility index (Phi) is 7.23. The van der Waals surface area contributed by atoms with E-state index in [1.165, 1.54) is 11.8 Å². The molecule has 0 aliphatic carbocycles. The van der Waals surface area contributed by atoms with E-state index >= 15 is 0 Å². The summed E-state index contributed by atoms with van der Waals surface area (Å²) in [6, 6.07) is 14.6. The molecule has 0 heterocycles. The molecule has 136 valence electrons. The summed E-state index contributed by atoms with van der Waals surface area (Å²) in [6.07, 6.45) is -0.263. The number of aliphatic carboxylic acids is 1. The Labute approximate surface area is 156 Å². The fourth-order valence-electron chi connectivity index (χ4n) is 2.06. The molecule has 3 N–H and O–H groups in total. The molecule has 0 bridgehead atoms. The average Bonchev–Trinajstić information content (AvgIpc) is 2.61. The van der Waals surface area contributed by atoms with E-state index in [9.17, 15) is 14.4 Å². The molecule has 0 spiro atoms. The second kappa shape index (κ2) is 9.62. The Hall–Kier alpha value is -2.80. The van der Waals surface area contributed by atoms with Gasteiger partial charge in [0.15, 0.2) is 0 Å². The number of rotatable bonds is 8. The number of hydrogen-bond acceptors (Lipinski definition) is 4. The van der Waals surface area contributed by atoms with Crippen molar-refractivity contribution in [3.8, 4) is 0 Å². The van der Waals surface area contributed by atoms with Gasteiger partial charge in [0, 0.05) is 22.7 Å². The molecule has 2 aromatic rings. The van der Waals surface area contributed by atoms with Crippen LogP contribution >= 0.6 is 11.8 Å². The van der Waals surface area contributed by atoms with Gasteiger partial charge in [-0.2, -0.15) is 0 Å². The van der Waals surface area contributed by atoms with E-state index in [2.05, 4.69) is 10.6 Å². The first kappa shape index (κ1) is 19.5. The third-order valence-electron chi connectivity index (χ3n) is 3.41. The quantitative estimate of drug-likeness (QED) is 0.616. The Morgan fingerprint density at radius 1 is 0.846 bits per heavy atom. The van der Waals surface area contributed by atoms with Crippen LogP contribution in [0.5, 0.6) is 0 Å². The second-order valence-corrected chi connectivity index (χ2v) is 6.72. The van der Waals surface area contributed by atoms with E-state index in [4.69, 9.17) is 5.11 Å². The van der Waals surface area contributed by atoms with Crippen LogP contribution < -0.4 is 10.6 Å². The summed E-state index contributed by atoms with van der Waals surface area (Å²) in [4.78, 5) is 34.9. The zero-order valence-corrected chi connectivity index (χ0v) is 15.1. The fourth-order valence-corrected chi connectivity index (χ4v) is 2.76. The lowest BCUT2D eigenvalue weighted by atomic mass is 10.2. The maximum absolute atomic E-state index is 12.0. The molecule has 0 fully saturated rings. The number of carboxylic acid groups (broad SMARTS) is 1. The standard InChI is InChI=1S/C19H20N2O4S/c1-13-2-4-14(5-3-13)21-18(23)12-26-16-8-6-15(7-9-16)20-17(22)10-11-19(24)25/h2-9H,10-12H2,1H3,(H,20,22)(H,21,23)(H,24,25). The van der Waals surface area contributed by atoms with Gasteiger partial charge < -0.3 is 15.7 Å². The molecule has 2 amide bonds. The van der Waals surface area contributed by atoms with Crippen LogP contribution in [0.2, 0.25) is 0 Å². The first-order valence-corrected chi connectivity index (χ1v) is 9.02. The Morgan fingerprint density at radius 3 is 1.96 bits per heavy atom. The van der Waals surface area contributed by atoms with Gasteiger partial charge in [0.2, 0.25) is 11.8 Å². The number of amides is 2. The molecule has 0 radical (unpaired) electrons. The highest BCUT2D eigenvalue weighted by Gasteiger charge is 2.07. The van der Waals surface area contributed by atoms with Gasteiger partial charge >= 0.3 is 5.97 Å². The first-order valence-electron chi connectivity index (χ1n) is 8.03. The van der Waals surface area contributed by atoms with E-state index in [0.29, 0.717) is 5.69 Å². The van der Waals surface area contributed by atoms with Crippen molar-refractivity contribution in [3.63, 3.8) is 0 Å². The number of aryl methyl sites for hydroxylation is 1. The van der Waals surface area contributed by atoms with Gasteiger partial charge in [0.1, 0.15) is 0 Å². The lowest BCUT2D eigenvalue weighted by Gasteiger charge is -2.07. The van der Waals surface area contributed by atoms with Crippen molar-refractivity contribution in [1.82, 2.24) is 0 Å². The van der Waals surface area contributed by atoms with E-state index in [1.54, 1.807) is 24.3 Å². The number of carbonyl (C=O) groups is 3. The van der Waals surface area contributed by atoms with Gasteiger partial charge in [0.05, 0.1) is 12.2 Å². The van der Waals surface area contributed by atoms with Crippen molar-refractivity contribution in [2.75, 3.05) is 16.4 Å². The molecule has 0 aliphatic rings. The summed E-state index contributed by atoms with van der Waals surface area (Å²) in [6.45, 7) is 1.99. The minimum Gasteiger partial charge on any atom is -0.481 e. The Bertz CT molecular complexity index is 773. The van der Waals surface area contributed by atoms with Gasteiger partial charge in [-0.15, -0.1) is 11.8 Å². The van der Waals surface area contributed by atoms with Gasteiger partial charge in [-0.05, 0) is 43.3 Å². The van der Waals surface area contributed by atoms with Crippen LogP contribution in [0.4, 0.5) is 11.4 Å². The SMILES string of the molecule is Cc1ccc(NC(=O)CSc2ccc(NC(=O)CCC(=O)O)cc2)cc1. The highest BCUT2D eigenvalue weighted by molar-refractivity contribution is 8.00. The number of carboxylic acids is 1. The number of nitrogens with one attached hydrogen (secondary N) is 2. The third kappa shape index (κ3) is 6.98. The van der Waals surface area contributed by atoms with E-state index < -0.39 is 5.97 Å². The Morgan fingerprint density at radius 2 is 1.38 bits per heavy atom. The highest BCUT2D eigenvalue weighted by atomic mass is 32.2. The smallest absolute Gasteiger partial charge is 0.303 e. The van der Waals surface area contributed by atoms with Crippen molar-refractivity contribution in [1.29, 1.82) is 0 Å². The van der Waals surface area contributed by atoms with Crippen LogP contribution in [0.15, 0.2) is 53.4 Å². The van der Waals surface area contributed by atoms with Crippen LogP contribution in [-0.2, 0) is 14.4 Å². The largest absolute Gasteiger partial charge is 0.481 e. The van der Waals surface area contributed by atoms with Gasteiger partial charge in [0.25, 0.3) is 0 Å². The van der Waals surface area contributed by atoms with Crippen molar-refractivity contribution in [2.45, 2.75) is 24.7 Å². The van der Waals surface area contributed by atoms with Crippen LogP contribution in [-0.4, -0.2) is 28.6 Å². The molecule has 0 saturated carbocycles. The number of thioether (sulfide) groups is 1. The van der Waals surface area contributed by atoms with Gasteiger partial charge in [-0.1, -0.05) is 17.7 Å². The third-order valence-corrected chi connectivity index (χ3v) is 4.42. The van der Waals surface area contributed by atoms with Crippen LogP contribution in [0.1, 0.15) is 18.4 Å². The molecule has 0 aromatic heterocycles. The number of hydrogen-bond donors (Lipinski definition) is 3. The van der Waals surface area contributed by atoms with Gasteiger partial charge in [-0.3, -0.25) is 14.4 Å². The molecule has 6 nitrogen and oxygen atoms in total. The van der Waals surface area contributed by atoms with Crippen molar-refractivity contribution >= 4 is 40.9 Å². The first-order chi connectivity index (χ1) is 12.4. The van der Waals surface area contributed by atoms with Crippen LogP contribution in [0, 0.1) is 6.92 Å². The molecule has 0 atom stereocenters. The molecular weight excluding hydrogens is 352 g/mol. The molecule has 0 aliphatic heterocycles. The minimum atomic E-state index is -1.00. The highest BCUT2D eigenvalue weighted by Crippen LogP contribution is 2.21. The fraction of sp³-hybridized carbons (Fsp3) is 0.211. The van der Waals surface area contributed by atoms with E-state index in [1.807, 2.05) is 31.2 Å². The number of benzene rings is 2. The minimum absolute atomic E-state index is 0.0645. The molecular formula is C19H20N2O4S. The summed E-state index contributed by atoms with van der Waals surface area (Å²) < 4.78 is 0. The maximum Gasteiger partial charge on any atom is 0.303 e. The normalized spacial score (nSPS) is 10.2. The number of carbonyl (C=O) groups excluding carboxylic acids is 2. The zero-order chi connectivity index (χ0) is 18.9. The molecule has 2 rings (SSSR count). The predicted octanol–water partition coefficient (Wildman–Crippen LogP) is 3.53. The van der Waals surface area contributed by atoms with E-state index in [-0.39, 0.29) is 30.4 Å². The van der Waals surface area contributed by atoms with Crippen LogP contribution in [0.3, 0.4) is 0 Å². The second-order valence-electron chi connectivity index (χ2n) is 5.67.